The number of rotatable bonds is 1. The molecule has 0 unspecified atom stereocenters. The number of aromatic nitrogens is 2. The first-order valence-corrected chi connectivity index (χ1v) is 6.28. The molecule has 2 heterocycles. The number of carbonyl (C=O) groups excluding carboxylic acids is 1. The fourth-order valence-electron chi connectivity index (χ4n) is 1.91. The molecule has 1 aromatic heterocycles. The molecule has 20 heavy (non-hydrogen) atoms. The van der Waals surface area contributed by atoms with Crippen molar-refractivity contribution < 1.29 is 9.53 Å². The second kappa shape index (κ2) is 4.94. The molecule has 0 saturated carbocycles. The molecule has 0 radical (unpaired) electrons. The molecule has 2 aromatic rings. The van der Waals surface area contributed by atoms with Crippen LogP contribution in [0.3, 0.4) is 0 Å². The van der Waals surface area contributed by atoms with Crippen molar-refractivity contribution in [2.24, 2.45) is 0 Å². The summed E-state index contributed by atoms with van der Waals surface area (Å²) in [4.78, 5) is 16.1. The van der Waals surface area contributed by atoms with Gasteiger partial charge in [-0.1, -0.05) is 11.6 Å². The van der Waals surface area contributed by atoms with Gasteiger partial charge in [-0.3, -0.25) is 14.8 Å². The van der Waals surface area contributed by atoms with E-state index >= 15 is 0 Å². The molecule has 1 N–H and O–H groups in total. The average molecular weight is 288 g/mol. The SMILES string of the molecule is N=c1ccn(C(=O)C2=Cc3cc(Cl)ccc3OC2)cn1. The summed E-state index contributed by atoms with van der Waals surface area (Å²) in [6.45, 7) is 0.198. The first kappa shape index (κ1) is 12.6. The summed E-state index contributed by atoms with van der Waals surface area (Å²) >= 11 is 5.93. The molecule has 1 aliphatic rings. The Hall–Kier alpha value is -2.40. The van der Waals surface area contributed by atoms with Crippen LogP contribution in [0.1, 0.15) is 10.4 Å². The Morgan fingerprint density at radius 2 is 2.25 bits per heavy atom. The van der Waals surface area contributed by atoms with Gasteiger partial charge in [-0.15, -0.1) is 0 Å². The number of benzene rings is 1. The Morgan fingerprint density at radius 1 is 1.40 bits per heavy atom. The van der Waals surface area contributed by atoms with Crippen LogP contribution >= 0.6 is 11.6 Å². The number of nitrogens with zero attached hydrogens (tertiary/aromatic N) is 2. The fourth-order valence-corrected chi connectivity index (χ4v) is 2.10. The third-order valence-corrected chi connectivity index (χ3v) is 3.14. The van der Waals surface area contributed by atoms with E-state index in [1.54, 1.807) is 24.3 Å². The Morgan fingerprint density at radius 3 is 3.00 bits per heavy atom. The zero-order valence-corrected chi connectivity index (χ0v) is 11.1. The molecule has 0 amide bonds. The molecule has 0 saturated heterocycles. The van der Waals surface area contributed by atoms with E-state index in [1.807, 2.05) is 0 Å². The number of hydrogen-bond donors (Lipinski definition) is 1. The van der Waals surface area contributed by atoms with Crippen LogP contribution < -0.4 is 10.2 Å². The Kier molecular flexibility index (Phi) is 3.12. The second-order valence-corrected chi connectivity index (χ2v) is 4.73. The van der Waals surface area contributed by atoms with Crippen LogP contribution in [0.5, 0.6) is 5.75 Å². The van der Waals surface area contributed by atoms with E-state index in [9.17, 15) is 4.79 Å². The zero-order valence-electron chi connectivity index (χ0n) is 10.3. The molecule has 0 spiro atoms. The van der Waals surface area contributed by atoms with E-state index in [2.05, 4.69) is 4.98 Å². The van der Waals surface area contributed by atoms with Crippen molar-refractivity contribution in [2.45, 2.75) is 0 Å². The van der Waals surface area contributed by atoms with Gasteiger partial charge < -0.3 is 4.74 Å². The monoisotopic (exact) mass is 287 g/mol. The molecule has 6 heteroatoms. The minimum absolute atomic E-state index is 0.111. The minimum atomic E-state index is -0.233. The number of carbonyl (C=O) groups is 1. The van der Waals surface area contributed by atoms with Gasteiger partial charge in [0.2, 0.25) is 0 Å². The molecule has 1 aliphatic heterocycles. The number of fused-ring (bicyclic) bond motifs is 1. The van der Waals surface area contributed by atoms with Gasteiger partial charge in [0.15, 0.2) is 0 Å². The van der Waals surface area contributed by atoms with Crippen LogP contribution in [-0.2, 0) is 0 Å². The molecular formula is C14H10ClN3O2. The van der Waals surface area contributed by atoms with Crippen LogP contribution in [0.15, 0.2) is 42.4 Å². The standard InChI is InChI=1S/C14H10ClN3O2/c15-11-1-2-12-9(6-11)5-10(7-20-12)14(19)18-4-3-13(16)17-8-18/h1-6,8,16H,7H2. The van der Waals surface area contributed by atoms with Crippen molar-refractivity contribution in [3.05, 3.63) is 58.4 Å². The highest BCUT2D eigenvalue weighted by Crippen LogP contribution is 2.29. The van der Waals surface area contributed by atoms with Crippen LogP contribution in [0, 0.1) is 5.41 Å². The molecule has 1 aromatic carbocycles. The molecule has 5 nitrogen and oxygen atoms in total. The van der Waals surface area contributed by atoms with Gasteiger partial charge in [-0.25, -0.2) is 4.98 Å². The van der Waals surface area contributed by atoms with Crippen molar-refractivity contribution in [3.8, 4) is 5.75 Å². The Balaban J connectivity index is 1.97. The Bertz CT molecular complexity index is 760. The summed E-state index contributed by atoms with van der Waals surface area (Å²) in [7, 11) is 0. The van der Waals surface area contributed by atoms with Crippen molar-refractivity contribution in [2.75, 3.05) is 6.61 Å². The maximum absolute atomic E-state index is 12.3. The summed E-state index contributed by atoms with van der Waals surface area (Å²) in [6.07, 6.45) is 4.58. The molecule has 0 bridgehead atoms. The van der Waals surface area contributed by atoms with Gasteiger partial charge in [-0.2, -0.15) is 0 Å². The van der Waals surface area contributed by atoms with Crippen LogP contribution in [-0.4, -0.2) is 22.1 Å². The normalized spacial score (nSPS) is 13.2. The number of halogens is 1. The fraction of sp³-hybridized carbons (Fsp3) is 0.0714. The van der Waals surface area contributed by atoms with E-state index in [4.69, 9.17) is 21.7 Å². The predicted molar refractivity (Wildman–Crippen MR) is 73.6 cm³/mol. The summed E-state index contributed by atoms with van der Waals surface area (Å²) in [5.74, 6) is 0.471. The van der Waals surface area contributed by atoms with E-state index in [0.717, 1.165) is 5.56 Å². The largest absolute Gasteiger partial charge is 0.488 e. The maximum Gasteiger partial charge on any atom is 0.262 e. The van der Waals surface area contributed by atoms with Crippen LogP contribution in [0.4, 0.5) is 0 Å². The van der Waals surface area contributed by atoms with Gasteiger partial charge in [0.1, 0.15) is 24.2 Å². The topological polar surface area (TPSA) is 68.0 Å². The lowest BCUT2D eigenvalue weighted by Gasteiger charge is -2.17. The summed E-state index contributed by atoms with van der Waals surface area (Å²) in [6, 6.07) is 6.72. The average Bonchev–Trinajstić information content (AvgIpc) is 2.46. The van der Waals surface area contributed by atoms with Gasteiger partial charge in [0, 0.05) is 16.8 Å². The number of ether oxygens (including phenoxy) is 1. The first-order valence-electron chi connectivity index (χ1n) is 5.90. The highest BCUT2D eigenvalue weighted by Gasteiger charge is 2.18. The summed E-state index contributed by atoms with van der Waals surface area (Å²) in [5.41, 5.74) is 1.39. The van der Waals surface area contributed by atoms with Crippen LogP contribution in [0.2, 0.25) is 5.02 Å². The molecule has 0 fully saturated rings. The quantitative estimate of drug-likeness (QED) is 0.873. The van der Waals surface area contributed by atoms with E-state index in [1.165, 1.54) is 23.2 Å². The number of hydrogen-bond acceptors (Lipinski definition) is 4. The van der Waals surface area contributed by atoms with E-state index in [-0.39, 0.29) is 18.0 Å². The highest BCUT2D eigenvalue weighted by molar-refractivity contribution is 6.30. The van der Waals surface area contributed by atoms with Crippen molar-refractivity contribution in [3.63, 3.8) is 0 Å². The minimum Gasteiger partial charge on any atom is -0.488 e. The van der Waals surface area contributed by atoms with Gasteiger partial charge in [0.25, 0.3) is 5.91 Å². The predicted octanol–water partition coefficient (Wildman–Crippen LogP) is 2.13. The molecule has 3 rings (SSSR count). The smallest absolute Gasteiger partial charge is 0.262 e. The van der Waals surface area contributed by atoms with Gasteiger partial charge >= 0.3 is 0 Å². The number of nitrogens with one attached hydrogen (secondary N) is 1. The second-order valence-electron chi connectivity index (χ2n) is 4.30. The molecule has 0 atom stereocenters. The lowest BCUT2D eigenvalue weighted by Crippen LogP contribution is -2.22. The van der Waals surface area contributed by atoms with Gasteiger partial charge in [0.05, 0.1) is 5.57 Å². The highest BCUT2D eigenvalue weighted by atomic mass is 35.5. The van der Waals surface area contributed by atoms with Gasteiger partial charge in [-0.05, 0) is 30.3 Å². The van der Waals surface area contributed by atoms with Crippen molar-refractivity contribution >= 4 is 23.6 Å². The summed E-state index contributed by atoms with van der Waals surface area (Å²) in [5, 5.41) is 7.90. The maximum atomic E-state index is 12.3. The zero-order chi connectivity index (χ0) is 14.1. The summed E-state index contributed by atoms with van der Waals surface area (Å²) < 4.78 is 6.86. The lowest BCUT2D eigenvalue weighted by molar-refractivity contribution is 0.0941. The molecular weight excluding hydrogens is 278 g/mol. The van der Waals surface area contributed by atoms with Crippen LogP contribution in [0.25, 0.3) is 6.08 Å². The van der Waals surface area contributed by atoms with E-state index < -0.39 is 0 Å². The van der Waals surface area contributed by atoms with E-state index in [0.29, 0.717) is 16.3 Å². The van der Waals surface area contributed by atoms with Crippen molar-refractivity contribution in [1.82, 2.24) is 9.55 Å². The first-order chi connectivity index (χ1) is 9.63. The van der Waals surface area contributed by atoms with Crippen molar-refractivity contribution in [1.29, 1.82) is 5.41 Å². The third kappa shape index (κ3) is 2.35. The molecule has 0 aliphatic carbocycles. The Labute approximate surface area is 119 Å². The lowest BCUT2D eigenvalue weighted by atomic mass is 10.1. The molecule has 100 valence electrons. The third-order valence-electron chi connectivity index (χ3n) is 2.91.